The summed E-state index contributed by atoms with van der Waals surface area (Å²) in [6.45, 7) is 0.401. The summed E-state index contributed by atoms with van der Waals surface area (Å²) in [5.41, 5.74) is 3.05. The van der Waals surface area contributed by atoms with Gasteiger partial charge in [0.15, 0.2) is 0 Å². The third kappa shape index (κ3) is 4.46. The van der Waals surface area contributed by atoms with Gasteiger partial charge < -0.3 is 18.8 Å². The minimum absolute atomic E-state index is 0.107. The van der Waals surface area contributed by atoms with Crippen molar-refractivity contribution in [2.24, 2.45) is 0 Å². The van der Waals surface area contributed by atoms with Gasteiger partial charge in [-0.1, -0.05) is 18.2 Å². The summed E-state index contributed by atoms with van der Waals surface area (Å²) < 4.78 is 16.4. The maximum atomic E-state index is 12.9. The standard InChI is InChI=1S/C25H23N3O4/c1-28(16-20-13-14-21(30-2)15-22(20)31-3)25(29)19-11-9-18(10-12-19)24-27-26-23(32-24)17-7-5-4-6-8-17/h4-15H,16H2,1-3H3. The predicted octanol–water partition coefficient (Wildman–Crippen LogP) is 4.69. The van der Waals surface area contributed by atoms with E-state index in [1.165, 1.54) is 0 Å². The molecule has 7 nitrogen and oxygen atoms in total. The first-order valence-electron chi connectivity index (χ1n) is 10.0. The van der Waals surface area contributed by atoms with Crippen LogP contribution in [-0.4, -0.2) is 42.3 Å². The molecule has 0 aliphatic rings. The zero-order valence-corrected chi connectivity index (χ0v) is 18.1. The highest BCUT2D eigenvalue weighted by molar-refractivity contribution is 5.94. The molecule has 0 fully saturated rings. The maximum absolute atomic E-state index is 12.9. The van der Waals surface area contributed by atoms with E-state index in [2.05, 4.69) is 10.2 Å². The van der Waals surface area contributed by atoms with Gasteiger partial charge in [-0.3, -0.25) is 4.79 Å². The normalized spacial score (nSPS) is 10.6. The fraction of sp³-hybridized carbons (Fsp3) is 0.160. The number of rotatable bonds is 7. The van der Waals surface area contributed by atoms with Crippen molar-refractivity contribution < 1.29 is 18.7 Å². The minimum Gasteiger partial charge on any atom is -0.497 e. The molecule has 0 aliphatic carbocycles. The molecule has 0 saturated carbocycles. The number of methoxy groups -OCH3 is 2. The van der Waals surface area contributed by atoms with Crippen molar-refractivity contribution in [1.29, 1.82) is 0 Å². The molecule has 0 atom stereocenters. The van der Waals surface area contributed by atoms with Crippen LogP contribution >= 0.6 is 0 Å². The van der Waals surface area contributed by atoms with Crippen LogP contribution in [0.4, 0.5) is 0 Å². The Morgan fingerprint density at radius 3 is 2.16 bits per heavy atom. The van der Waals surface area contributed by atoms with E-state index in [9.17, 15) is 4.79 Å². The van der Waals surface area contributed by atoms with Gasteiger partial charge >= 0.3 is 0 Å². The van der Waals surface area contributed by atoms with E-state index in [0.717, 1.165) is 16.7 Å². The summed E-state index contributed by atoms with van der Waals surface area (Å²) in [5.74, 6) is 2.12. The van der Waals surface area contributed by atoms with E-state index in [4.69, 9.17) is 13.9 Å². The number of benzene rings is 3. The Bertz CT molecular complexity index is 1200. The summed E-state index contributed by atoms with van der Waals surface area (Å²) >= 11 is 0. The van der Waals surface area contributed by atoms with Crippen LogP contribution in [0.15, 0.2) is 77.2 Å². The van der Waals surface area contributed by atoms with Crippen LogP contribution in [0.2, 0.25) is 0 Å². The molecule has 0 saturated heterocycles. The minimum atomic E-state index is -0.107. The second-order valence-corrected chi connectivity index (χ2v) is 7.19. The molecule has 1 amide bonds. The lowest BCUT2D eigenvalue weighted by Gasteiger charge is -2.19. The Morgan fingerprint density at radius 1 is 0.875 bits per heavy atom. The second-order valence-electron chi connectivity index (χ2n) is 7.19. The third-order valence-electron chi connectivity index (χ3n) is 5.07. The molecular formula is C25H23N3O4. The van der Waals surface area contributed by atoms with Crippen molar-refractivity contribution in [1.82, 2.24) is 15.1 Å². The van der Waals surface area contributed by atoms with Gasteiger partial charge in [0.2, 0.25) is 11.8 Å². The van der Waals surface area contributed by atoms with Gasteiger partial charge in [0.05, 0.1) is 14.2 Å². The van der Waals surface area contributed by atoms with E-state index in [1.54, 1.807) is 56.5 Å². The molecule has 0 radical (unpaired) electrons. The van der Waals surface area contributed by atoms with E-state index < -0.39 is 0 Å². The summed E-state index contributed by atoms with van der Waals surface area (Å²) in [4.78, 5) is 14.6. The SMILES string of the molecule is COc1ccc(CN(C)C(=O)c2ccc(-c3nnc(-c4ccccc4)o3)cc2)c(OC)c1. The number of ether oxygens (including phenoxy) is 2. The van der Waals surface area contributed by atoms with Crippen molar-refractivity contribution in [2.45, 2.75) is 6.54 Å². The molecule has 3 aromatic carbocycles. The highest BCUT2D eigenvalue weighted by Gasteiger charge is 2.16. The van der Waals surface area contributed by atoms with Crippen molar-refractivity contribution >= 4 is 5.91 Å². The van der Waals surface area contributed by atoms with E-state index in [-0.39, 0.29) is 5.91 Å². The molecule has 7 heteroatoms. The average molecular weight is 429 g/mol. The van der Waals surface area contributed by atoms with Gasteiger partial charge in [0.25, 0.3) is 5.91 Å². The van der Waals surface area contributed by atoms with Gasteiger partial charge in [-0.2, -0.15) is 0 Å². The third-order valence-corrected chi connectivity index (χ3v) is 5.07. The monoisotopic (exact) mass is 429 g/mol. The Hall–Kier alpha value is -4.13. The molecule has 0 spiro atoms. The maximum Gasteiger partial charge on any atom is 0.253 e. The summed E-state index contributed by atoms with van der Waals surface area (Å²) in [6.07, 6.45) is 0. The Labute approximate surface area is 186 Å². The first kappa shape index (κ1) is 21.1. The van der Waals surface area contributed by atoms with Crippen LogP contribution < -0.4 is 9.47 Å². The second kappa shape index (κ2) is 9.34. The number of aromatic nitrogens is 2. The lowest BCUT2D eigenvalue weighted by atomic mass is 10.1. The molecule has 32 heavy (non-hydrogen) atoms. The lowest BCUT2D eigenvalue weighted by molar-refractivity contribution is 0.0784. The number of carbonyl (C=O) groups is 1. The van der Waals surface area contributed by atoms with Crippen LogP contribution in [-0.2, 0) is 6.54 Å². The first-order valence-corrected chi connectivity index (χ1v) is 10.0. The van der Waals surface area contributed by atoms with Crippen LogP contribution in [0.5, 0.6) is 11.5 Å². The van der Waals surface area contributed by atoms with Gasteiger partial charge in [-0.25, -0.2) is 0 Å². The predicted molar refractivity (Wildman–Crippen MR) is 121 cm³/mol. The number of carbonyl (C=O) groups excluding carboxylic acids is 1. The molecule has 0 aliphatic heterocycles. The molecular weight excluding hydrogens is 406 g/mol. The molecule has 1 heterocycles. The number of amides is 1. The van der Waals surface area contributed by atoms with E-state index in [0.29, 0.717) is 35.4 Å². The van der Waals surface area contributed by atoms with Crippen LogP contribution in [0.1, 0.15) is 15.9 Å². The highest BCUT2D eigenvalue weighted by Crippen LogP contribution is 2.27. The van der Waals surface area contributed by atoms with E-state index >= 15 is 0 Å². The van der Waals surface area contributed by atoms with E-state index in [1.807, 2.05) is 42.5 Å². The van der Waals surface area contributed by atoms with Crippen LogP contribution in [0, 0.1) is 0 Å². The Balaban J connectivity index is 1.47. The van der Waals surface area contributed by atoms with Gasteiger partial charge in [-0.05, 0) is 48.5 Å². The average Bonchev–Trinajstić information content (AvgIpc) is 3.35. The first-order chi connectivity index (χ1) is 15.6. The Morgan fingerprint density at radius 2 is 1.53 bits per heavy atom. The quantitative estimate of drug-likeness (QED) is 0.424. The largest absolute Gasteiger partial charge is 0.497 e. The number of nitrogens with zero attached hydrogens (tertiary/aromatic N) is 3. The topological polar surface area (TPSA) is 77.7 Å². The molecule has 162 valence electrons. The zero-order valence-electron chi connectivity index (χ0n) is 18.1. The molecule has 4 aromatic rings. The van der Waals surface area contributed by atoms with Gasteiger partial charge in [0, 0.05) is 41.9 Å². The number of hydrogen-bond donors (Lipinski definition) is 0. The molecule has 0 unspecified atom stereocenters. The number of hydrogen-bond acceptors (Lipinski definition) is 6. The fourth-order valence-corrected chi connectivity index (χ4v) is 3.32. The summed E-state index contributed by atoms with van der Waals surface area (Å²) in [6, 6.07) is 22.2. The van der Waals surface area contributed by atoms with Crippen molar-refractivity contribution in [3.8, 4) is 34.4 Å². The molecule has 4 rings (SSSR count). The summed E-state index contributed by atoms with van der Waals surface area (Å²) in [5, 5.41) is 8.24. The molecule has 1 aromatic heterocycles. The highest BCUT2D eigenvalue weighted by atomic mass is 16.5. The zero-order chi connectivity index (χ0) is 22.5. The molecule has 0 N–H and O–H groups in total. The molecule has 0 bridgehead atoms. The van der Waals surface area contributed by atoms with Crippen LogP contribution in [0.3, 0.4) is 0 Å². The van der Waals surface area contributed by atoms with Gasteiger partial charge in [-0.15, -0.1) is 10.2 Å². The van der Waals surface area contributed by atoms with Crippen LogP contribution in [0.25, 0.3) is 22.9 Å². The Kier molecular flexibility index (Phi) is 6.17. The van der Waals surface area contributed by atoms with Crippen molar-refractivity contribution in [3.05, 3.63) is 83.9 Å². The smallest absolute Gasteiger partial charge is 0.253 e. The van der Waals surface area contributed by atoms with Gasteiger partial charge in [0.1, 0.15) is 11.5 Å². The van der Waals surface area contributed by atoms with Crippen molar-refractivity contribution in [3.63, 3.8) is 0 Å². The lowest BCUT2D eigenvalue weighted by Crippen LogP contribution is -2.26. The fourth-order valence-electron chi connectivity index (χ4n) is 3.32. The van der Waals surface area contributed by atoms with Crippen molar-refractivity contribution in [2.75, 3.05) is 21.3 Å². The summed E-state index contributed by atoms with van der Waals surface area (Å²) in [7, 11) is 4.95.